The topological polar surface area (TPSA) is 79.5 Å². The summed E-state index contributed by atoms with van der Waals surface area (Å²) >= 11 is 0. The van der Waals surface area contributed by atoms with Crippen molar-refractivity contribution in [3.63, 3.8) is 0 Å². The number of amides is 1. The van der Waals surface area contributed by atoms with Gasteiger partial charge >= 0.3 is 5.97 Å². The number of terminal acetylenes is 1. The van der Waals surface area contributed by atoms with Gasteiger partial charge in [-0.2, -0.15) is 0 Å². The number of carboxylic acids is 1. The van der Waals surface area contributed by atoms with Gasteiger partial charge in [0.2, 0.25) is 11.7 Å². The van der Waals surface area contributed by atoms with Gasteiger partial charge in [-0.15, -0.1) is 12.3 Å². The van der Waals surface area contributed by atoms with E-state index in [2.05, 4.69) is 11.2 Å². The van der Waals surface area contributed by atoms with Crippen molar-refractivity contribution in [2.75, 3.05) is 0 Å². The van der Waals surface area contributed by atoms with E-state index in [1.807, 2.05) is 0 Å². The molecule has 5 heteroatoms. The van der Waals surface area contributed by atoms with Gasteiger partial charge in [-0.3, -0.25) is 4.79 Å². The van der Waals surface area contributed by atoms with Crippen LogP contribution in [0.5, 0.6) is 0 Å². The minimum Gasteiger partial charge on any atom is -0.475 e. The number of hydrogen-bond acceptors (Lipinski definition) is 3. The molecule has 1 aromatic rings. The molecule has 0 saturated heterocycles. The second kappa shape index (κ2) is 5.61. The second-order valence-electron chi connectivity index (χ2n) is 3.05. The lowest BCUT2D eigenvalue weighted by Gasteiger charge is -2.00. The smallest absolute Gasteiger partial charge is 0.371 e. The van der Waals surface area contributed by atoms with Crippen LogP contribution in [0, 0.1) is 12.3 Å². The molecule has 0 aromatic carbocycles. The number of furan rings is 1. The fraction of sp³-hybridized carbons (Fsp3) is 0.273. The minimum absolute atomic E-state index is 0.145. The highest BCUT2D eigenvalue weighted by atomic mass is 16.4. The summed E-state index contributed by atoms with van der Waals surface area (Å²) in [6.07, 6.45) is 5.64. The molecule has 16 heavy (non-hydrogen) atoms. The van der Waals surface area contributed by atoms with Crippen molar-refractivity contribution in [2.24, 2.45) is 0 Å². The maximum absolute atomic E-state index is 11.2. The predicted molar refractivity (Wildman–Crippen MR) is 55.6 cm³/mol. The van der Waals surface area contributed by atoms with E-state index in [1.165, 1.54) is 12.1 Å². The molecule has 0 fully saturated rings. The zero-order valence-electron chi connectivity index (χ0n) is 8.53. The Bertz CT molecular complexity index is 427. The van der Waals surface area contributed by atoms with Gasteiger partial charge in [0.15, 0.2) is 0 Å². The third-order valence-corrected chi connectivity index (χ3v) is 1.83. The average Bonchev–Trinajstić information content (AvgIpc) is 2.72. The van der Waals surface area contributed by atoms with Crippen LogP contribution >= 0.6 is 0 Å². The van der Waals surface area contributed by atoms with Crippen LogP contribution in [0.2, 0.25) is 0 Å². The van der Waals surface area contributed by atoms with E-state index in [-0.39, 0.29) is 24.6 Å². The number of carbonyl (C=O) groups excluding carboxylic acids is 1. The molecule has 0 radical (unpaired) electrons. The van der Waals surface area contributed by atoms with Crippen LogP contribution < -0.4 is 5.32 Å². The Morgan fingerprint density at radius 2 is 2.25 bits per heavy atom. The first kappa shape index (κ1) is 11.9. The van der Waals surface area contributed by atoms with Crippen molar-refractivity contribution in [1.29, 1.82) is 0 Å². The fourth-order valence-corrected chi connectivity index (χ4v) is 1.05. The maximum atomic E-state index is 11.2. The summed E-state index contributed by atoms with van der Waals surface area (Å²) in [5.74, 6) is 1.28. The van der Waals surface area contributed by atoms with E-state index < -0.39 is 5.97 Å². The minimum atomic E-state index is -1.13. The first-order valence-corrected chi connectivity index (χ1v) is 4.65. The van der Waals surface area contributed by atoms with Crippen LogP contribution in [-0.2, 0) is 11.3 Å². The largest absolute Gasteiger partial charge is 0.475 e. The number of nitrogens with one attached hydrogen (secondary N) is 1. The molecule has 5 nitrogen and oxygen atoms in total. The first-order valence-electron chi connectivity index (χ1n) is 4.65. The van der Waals surface area contributed by atoms with Crippen LogP contribution in [0.1, 0.15) is 29.2 Å². The highest BCUT2D eigenvalue weighted by Gasteiger charge is 2.09. The van der Waals surface area contributed by atoms with Crippen LogP contribution in [0.3, 0.4) is 0 Å². The summed E-state index contributed by atoms with van der Waals surface area (Å²) in [5, 5.41) is 11.2. The Morgan fingerprint density at radius 1 is 1.50 bits per heavy atom. The molecule has 1 aromatic heterocycles. The Labute approximate surface area is 92.4 Å². The van der Waals surface area contributed by atoms with Crippen molar-refractivity contribution in [1.82, 2.24) is 5.32 Å². The SMILES string of the molecule is C#CCCC(=O)NCc1ccc(C(=O)O)o1. The van der Waals surface area contributed by atoms with Crippen molar-refractivity contribution in [2.45, 2.75) is 19.4 Å². The highest BCUT2D eigenvalue weighted by Crippen LogP contribution is 2.07. The van der Waals surface area contributed by atoms with E-state index >= 15 is 0 Å². The van der Waals surface area contributed by atoms with Gasteiger partial charge < -0.3 is 14.8 Å². The second-order valence-corrected chi connectivity index (χ2v) is 3.05. The quantitative estimate of drug-likeness (QED) is 0.727. The molecule has 84 valence electrons. The lowest BCUT2D eigenvalue weighted by atomic mass is 10.3. The van der Waals surface area contributed by atoms with Crippen LogP contribution in [0.25, 0.3) is 0 Å². The number of hydrogen-bond donors (Lipinski definition) is 2. The molecule has 0 saturated carbocycles. The summed E-state index contributed by atoms with van der Waals surface area (Å²) in [5.41, 5.74) is 0. The molecule has 1 heterocycles. The maximum Gasteiger partial charge on any atom is 0.371 e. The Morgan fingerprint density at radius 3 is 2.81 bits per heavy atom. The summed E-state index contributed by atoms with van der Waals surface area (Å²) in [6.45, 7) is 0.163. The third-order valence-electron chi connectivity index (χ3n) is 1.83. The summed E-state index contributed by atoms with van der Waals surface area (Å²) < 4.78 is 4.95. The number of rotatable bonds is 5. The Balaban J connectivity index is 2.40. The molecule has 0 atom stereocenters. The number of carboxylic acid groups (broad SMARTS) is 1. The number of aromatic carboxylic acids is 1. The lowest BCUT2D eigenvalue weighted by Crippen LogP contribution is -2.21. The molecular formula is C11H11NO4. The summed E-state index contributed by atoms with van der Waals surface area (Å²) in [7, 11) is 0. The van der Waals surface area contributed by atoms with E-state index in [0.717, 1.165) is 0 Å². The predicted octanol–water partition coefficient (Wildman–Crippen LogP) is 1.01. The van der Waals surface area contributed by atoms with E-state index in [4.69, 9.17) is 15.9 Å². The van der Waals surface area contributed by atoms with Crippen LogP contribution in [0.4, 0.5) is 0 Å². The van der Waals surface area contributed by atoms with Gasteiger partial charge in [0.1, 0.15) is 5.76 Å². The van der Waals surface area contributed by atoms with Gasteiger partial charge in [0.25, 0.3) is 0 Å². The molecule has 0 bridgehead atoms. The normalized spacial score (nSPS) is 9.44. The average molecular weight is 221 g/mol. The van der Waals surface area contributed by atoms with Crippen molar-refractivity contribution in [3.05, 3.63) is 23.7 Å². The standard InChI is InChI=1S/C11H11NO4/c1-2-3-4-10(13)12-7-8-5-6-9(16-8)11(14)15/h1,5-6H,3-4,7H2,(H,12,13)(H,14,15). The molecule has 0 spiro atoms. The molecular weight excluding hydrogens is 210 g/mol. The van der Waals surface area contributed by atoms with Gasteiger partial charge in [0, 0.05) is 12.8 Å². The summed E-state index contributed by atoms with van der Waals surface area (Å²) in [4.78, 5) is 21.6. The first-order chi connectivity index (χ1) is 7.63. The Kier molecular flexibility index (Phi) is 4.16. The van der Waals surface area contributed by atoms with Crippen molar-refractivity contribution < 1.29 is 19.1 Å². The molecule has 0 unspecified atom stereocenters. The molecule has 2 N–H and O–H groups in total. The lowest BCUT2D eigenvalue weighted by molar-refractivity contribution is -0.121. The van der Waals surface area contributed by atoms with E-state index in [1.54, 1.807) is 0 Å². The molecule has 0 aliphatic rings. The zero-order valence-corrected chi connectivity index (χ0v) is 8.53. The van der Waals surface area contributed by atoms with Crippen molar-refractivity contribution >= 4 is 11.9 Å². The van der Waals surface area contributed by atoms with Crippen LogP contribution in [0.15, 0.2) is 16.5 Å². The number of carbonyl (C=O) groups is 2. The fourth-order valence-electron chi connectivity index (χ4n) is 1.05. The van der Waals surface area contributed by atoms with E-state index in [9.17, 15) is 9.59 Å². The molecule has 0 aliphatic heterocycles. The van der Waals surface area contributed by atoms with Gasteiger partial charge in [-0.1, -0.05) is 0 Å². The van der Waals surface area contributed by atoms with Gasteiger partial charge in [-0.25, -0.2) is 4.79 Å². The van der Waals surface area contributed by atoms with Gasteiger partial charge in [0.05, 0.1) is 6.54 Å². The molecule has 1 amide bonds. The summed E-state index contributed by atoms with van der Waals surface area (Å²) in [6, 6.07) is 2.84. The zero-order chi connectivity index (χ0) is 12.0. The Hall–Kier alpha value is -2.22. The highest BCUT2D eigenvalue weighted by molar-refractivity contribution is 5.84. The molecule has 0 aliphatic carbocycles. The third kappa shape index (κ3) is 3.50. The monoisotopic (exact) mass is 221 g/mol. The van der Waals surface area contributed by atoms with E-state index in [0.29, 0.717) is 12.2 Å². The van der Waals surface area contributed by atoms with Gasteiger partial charge in [-0.05, 0) is 12.1 Å². The van der Waals surface area contributed by atoms with Crippen LogP contribution in [-0.4, -0.2) is 17.0 Å². The van der Waals surface area contributed by atoms with Crippen molar-refractivity contribution in [3.8, 4) is 12.3 Å². The molecule has 1 rings (SSSR count).